The molecule has 408 valence electrons. The Hall–Kier alpha value is -5.98. The molecule has 8 atom stereocenters. The van der Waals surface area contributed by atoms with E-state index in [0.29, 0.717) is 64.5 Å². The first-order chi connectivity index (χ1) is 33.8. The Labute approximate surface area is 414 Å². The zero-order chi connectivity index (χ0) is 53.7. The summed E-state index contributed by atoms with van der Waals surface area (Å²) >= 11 is 0. The number of rotatable bonds is 41. The van der Waals surface area contributed by atoms with Gasteiger partial charge in [0.1, 0.15) is 42.3 Å². The third kappa shape index (κ3) is 29.1. The molecule has 0 saturated heterocycles. The molecular formula is C42H84N18O11. The lowest BCUT2D eigenvalue weighted by Gasteiger charge is -2.27. The van der Waals surface area contributed by atoms with Crippen LogP contribution in [0.3, 0.4) is 0 Å². The number of amides is 7. The van der Waals surface area contributed by atoms with Gasteiger partial charge in [0.15, 0.2) is 11.9 Å². The van der Waals surface area contributed by atoms with Crippen LogP contribution in [-0.2, 0) is 38.4 Å². The largest absolute Gasteiger partial charge is 0.480 e. The number of nitrogens with one attached hydrogen (secondary N) is 7. The van der Waals surface area contributed by atoms with Crippen LogP contribution in [0.25, 0.3) is 0 Å². The van der Waals surface area contributed by atoms with Gasteiger partial charge in [-0.2, -0.15) is 0 Å². The van der Waals surface area contributed by atoms with Gasteiger partial charge in [-0.1, -0.05) is 6.42 Å². The van der Waals surface area contributed by atoms with Crippen LogP contribution in [0.2, 0.25) is 0 Å². The van der Waals surface area contributed by atoms with Crippen LogP contribution in [0.5, 0.6) is 0 Å². The number of carbonyl (C=O) groups is 8. The average molecular weight is 1020 g/mol. The number of guanidine groups is 2. The van der Waals surface area contributed by atoms with Crippen molar-refractivity contribution in [3.8, 4) is 0 Å². The van der Waals surface area contributed by atoms with Crippen molar-refractivity contribution >= 4 is 59.2 Å². The lowest BCUT2D eigenvalue weighted by Crippen LogP contribution is -2.60. The van der Waals surface area contributed by atoms with Gasteiger partial charge in [-0.3, -0.25) is 43.5 Å². The van der Waals surface area contributed by atoms with Gasteiger partial charge in [0.05, 0.1) is 19.3 Å². The maximum absolute atomic E-state index is 14.1. The zero-order valence-electron chi connectivity index (χ0n) is 40.8. The molecule has 7 amide bonds. The standard InChI is InChI=1S/C42H84N18O11/c43-17-5-1-11-25(47)33(63)59-31(23-61)38(68)56-28(15-9-21-52-41(48)49)35(65)54-26(12-2-6-18-44)34(64)55-27(13-3-7-19-45)37(67)60-32(24-62)39(69)57-29(16-10-22-53-42(50)51)36(66)58-30(40(70)71)14-4-8-20-46/h25-32,61-62H,1-24,43-47H2,(H,54,65)(H,55,64)(H,56,68)(H,57,69)(H,58,66)(H,59,63)(H,60,67)(H,70,71)(H4,48,49,52)(H4,50,51,53)/t25-,26-,27-,28-,29-,30-,31-,32-/m0/s1. The summed E-state index contributed by atoms with van der Waals surface area (Å²) in [7, 11) is 0. The number of hydrogen-bond donors (Lipinski definition) is 19. The molecule has 0 saturated carbocycles. The molecular weight excluding hydrogens is 933 g/mol. The van der Waals surface area contributed by atoms with Gasteiger partial charge < -0.3 is 104 Å². The summed E-state index contributed by atoms with van der Waals surface area (Å²) in [5, 5.41) is 47.4. The topological polar surface area (TPSA) is 540 Å². The van der Waals surface area contributed by atoms with Crippen molar-refractivity contribution in [3.05, 3.63) is 0 Å². The van der Waals surface area contributed by atoms with Gasteiger partial charge in [0, 0.05) is 13.1 Å². The number of unbranched alkanes of at least 4 members (excludes halogenated alkanes) is 4. The summed E-state index contributed by atoms with van der Waals surface area (Å²) in [4.78, 5) is 115. The lowest BCUT2D eigenvalue weighted by atomic mass is 10.0. The molecule has 28 N–H and O–H groups in total. The van der Waals surface area contributed by atoms with Crippen molar-refractivity contribution in [2.45, 2.75) is 151 Å². The van der Waals surface area contributed by atoms with E-state index in [1.54, 1.807) is 0 Å². The molecule has 0 bridgehead atoms. The number of aliphatic carboxylic acids is 1. The van der Waals surface area contributed by atoms with Crippen LogP contribution in [-0.4, -0.2) is 175 Å². The highest BCUT2D eigenvalue weighted by molar-refractivity contribution is 5.97. The summed E-state index contributed by atoms with van der Waals surface area (Å²) in [5.41, 5.74) is 50.1. The Bertz CT molecular complexity index is 1690. The minimum Gasteiger partial charge on any atom is -0.480 e. The SMILES string of the molecule is NCCCC[C@H](NC(=O)[C@H](CCCN=C(N)N)NC(=O)[C@H](CO)NC(=O)[C@H](CCCCN)NC(=O)[C@H](CCCCN)NC(=O)[C@H](CCCN=C(N)N)NC(=O)[C@H](CO)NC(=O)[C@@H](N)CCCCN)C(=O)O. The van der Waals surface area contributed by atoms with Crippen molar-refractivity contribution in [1.82, 2.24) is 37.2 Å². The van der Waals surface area contributed by atoms with Crippen LogP contribution < -0.4 is 88.8 Å². The molecule has 29 nitrogen and oxygen atoms in total. The molecule has 0 unspecified atom stereocenters. The summed E-state index contributed by atoms with van der Waals surface area (Å²) < 4.78 is 0. The van der Waals surface area contributed by atoms with E-state index in [-0.39, 0.29) is 89.5 Å². The highest BCUT2D eigenvalue weighted by atomic mass is 16.4. The number of hydrogen-bond acceptors (Lipinski definition) is 17. The monoisotopic (exact) mass is 1020 g/mol. The predicted octanol–water partition coefficient (Wildman–Crippen LogP) is -7.60. The molecule has 0 aromatic rings. The van der Waals surface area contributed by atoms with E-state index in [9.17, 15) is 53.7 Å². The number of carboxylic acids is 1. The Morgan fingerprint density at radius 1 is 0.366 bits per heavy atom. The highest BCUT2D eigenvalue weighted by Gasteiger charge is 2.34. The molecule has 0 rings (SSSR count). The van der Waals surface area contributed by atoms with Gasteiger partial charge in [-0.15, -0.1) is 0 Å². The van der Waals surface area contributed by atoms with Gasteiger partial charge in [-0.05, 0) is 122 Å². The first kappa shape index (κ1) is 65.0. The fourth-order valence-electron chi connectivity index (χ4n) is 6.76. The lowest BCUT2D eigenvalue weighted by molar-refractivity contribution is -0.142. The molecule has 0 fully saturated rings. The minimum absolute atomic E-state index is 0.00199. The second kappa shape index (κ2) is 38.7. The van der Waals surface area contributed by atoms with E-state index in [1.165, 1.54) is 0 Å². The van der Waals surface area contributed by atoms with Gasteiger partial charge in [-0.25, -0.2) is 4.79 Å². The fraction of sp³-hybridized carbons (Fsp3) is 0.762. The minimum atomic E-state index is -1.69. The van der Waals surface area contributed by atoms with E-state index >= 15 is 0 Å². The molecule has 0 radical (unpaired) electrons. The quantitative estimate of drug-likeness (QED) is 0.0154. The van der Waals surface area contributed by atoms with Gasteiger partial charge in [0.2, 0.25) is 41.4 Å². The van der Waals surface area contributed by atoms with Crippen molar-refractivity contribution in [3.63, 3.8) is 0 Å². The van der Waals surface area contributed by atoms with Crippen molar-refractivity contribution < 1.29 is 53.7 Å². The Kier molecular flexibility index (Phi) is 35.5. The Balaban J connectivity index is 6.56. The zero-order valence-corrected chi connectivity index (χ0v) is 40.8. The summed E-state index contributed by atoms with van der Waals surface area (Å²) in [6.07, 6.45) is 3.91. The normalized spacial score (nSPS) is 14.4. The smallest absolute Gasteiger partial charge is 0.326 e. The molecule has 0 heterocycles. The highest BCUT2D eigenvalue weighted by Crippen LogP contribution is 2.10. The van der Waals surface area contributed by atoms with Crippen LogP contribution in [0.4, 0.5) is 0 Å². The molecule has 71 heavy (non-hydrogen) atoms. The number of nitrogens with two attached hydrogens (primary N) is 9. The maximum atomic E-state index is 14.1. The number of carboxylic acid groups (broad SMARTS) is 1. The number of aliphatic imine (C=N–C) groups is 2. The van der Waals surface area contributed by atoms with E-state index in [0.717, 1.165) is 0 Å². The van der Waals surface area contributed by atoms with E-state index < -0.39 is 109 Å². The first-order valence-electron chi connectivity index (χ1n) is 24.0. The van der Waals surface area contributed by atoms with Crippen LogP contribution in [0.15, 0.2) is 9.98 Å². The van der Waals surface area contributed by atoms with E-state index in [4.69, 9.17) is 51.6 Å². The third-order valence-electron chi connectivity index (χ3n) is 10.8. The molecule has 0 aliphatic carbocycles. The molecule has 29 heteroatoms. The summed E-state index contributed by atoms with van der Waals surface area (Å²) in [6, 6.07) is -11.0. The number of aliphatic hydroxyl groups is 2. The molecule has 0 aromatic heterocycles. The second-order valence-corrected chi connectivity index (χ2v) is 16.8. The van der Waals surface area contributed by atoms with Crippen LogP contribution in [0.1, 0.15) is 103 Å². The van der Waals surface area contributed by atoms with E-state index in [1.807, 2.05) is 0 Å². The number of nitrogens with zero attached hydrogens (tertiary/aromatic N) is 2. The molecule has 0 aliphatic heterocycles. The molecule has 0 spiro atoms. The van der Waals surface area contributed by atoms with Gasteiger partial charge in [0.25, 0.3) is 0 Å². The van der Waals surface area contributed by atoms with Crippen molar-refractivity contribution in [2.24, 2.45) is 61.6 Å². The van der Waals surface area contributed by atoms with Crippen LogP contribution >= 0.6 is 0 Å². The van der Waals surface area contributed by atoms with Crippen LogP contribution in [0, 0.1) is 0 Å². The number of carbonyl (C=O) groups excluding carboxylic acids is 7. The average Bonchev–Trinajstić information content (AvgIpc) is 3.32. The molecule has 0 aromatic carbocycles. The predicted molar refractivity (Wildman–Crippen MR) is 265 cm³/mol. The summed E-state index contributed by atoms with van der Waals surface area (Å²) in [6.45, 7) is -0.589. The van der Waals surface area contributed by atoms with E-state index in [2.05, 4.69) is 47.2 Å². The number of aliphatic hydroxyl groups excluding tert-OH is 2. The first-order valence-corrected chi connectivity index (χ1v) is 24.0. The third-order valence-corrected chi connectivity index (χ3v) is 10.8. The summed E-state index contributed by atoms with van der Waals surface area (Å²) in [5.74, 6) is -7.97. The second-order valence-electron chi connectivity index (χ2n) is 16.8. The molecule has 0 aliphatic rings. The Morgan fingerprint density at radius 3 is 0.915 bits per heavy atom. The van der Waals surface area contributed by atoms with Crippen molar-refractivity contribution in [1.29, 1.82) is 0 Å². The van der Waals surface area contributed by atoms with Gasteiger partial charge >= 0.3 is 5.97 Å². The maximum Gasteiger partial charge on any atom is 0.326 e. The Morgan fingerprint density at radius 2 is 0.620 bits per heavy atom. The fourth-order valence-corrected chi connectivity index (χ4v) is 6.76. The van der Waals surface area contributed by atoms with Crippen molar-refractivity contribution in [2.75, 3.05) is 52.5 Å².